The lowest BCUT2D eigenvalue weighted by atomic mass is 9.80. The van der Waals surface area contributed by atoms with Crippen LogP contribution in [0.2, 0.25) is 0 Å². The van der Waals surface area contributed by atoms with Crippen molar-refractivity contribution < 1.29 is 23.5 Å². The summed E-state index contributed by atoms with van der Waals surface area (Å²) in [4.78, 5) is 28.4. The van der Waals surface area contributed by atoms with Gasteiger partial charge in [0.2, 0.25) is 5.91 Å². The number of furan rings is 2. The third kappa shape index (κ3) is 2.79. The summed E-state index contributed by atoms with van der Waals surface area (Å²) in [5.74, 6) is -0.849. The lowest BCUT2D eigenvalue weighted by Crippen LogP contribution is -2.31. The van der Waals surface area contributed by atoms with Crippen molar-refractivity contribution in [3.05, 3.63) is 83.7 Å². The van der Waals surface area contributed by atoms with Crippen molar-refractivity contribution in [2.24, 2.45) is 5.92 Å². The van der Waals surface area contributed by atoms with Crippen LogP contribution < -0.4 is 0 Å². The summed E-state index contributed by atoms with van der Waals surface area (Å²) in [6.07, 6.45) is 5.81. The van der Waals surface area contributed by atoms with Gasteiger partial charge in [-0.2, -0.15) is 0 Å². The molecule has 29 heavy (non-hydrogen) atoms. The zero-order chi connectivity index (χ0) is 20.0. The number of benzene rings is 1. The number of aromatic hydroxyl groups is 1. The molecule has 0 saturated carbocycles. The summed E-state index contributed by atoms with van der Waals surface area (Å²) in [6.45, 7) is 0.539. The highest BCUT2D eigenvalue weighted by Crippen LogP contribution is 2.48. The molecule has 1 amide bonds. The highest BCUT2D eigenvalue weighted by Gasteiger charge is 2.56. The Morgan fingerprint density at radius 3 is 2.59 bits per heavy atom. The van der Waals surface area contributed by atoms with Crippen LogP contribution in [0, 0.1) is 5.92 Å². The van der Waals surface area contributed by atoms with Crippen LogP contribution in [0.15, 0.2) is 75.5 Å². The van der Waals surface area contributed by atoms with Crippen molar-refractivity contribution in [3.8, 4) is 5.75 Å². The van der Waals surface area contributed by atoms with E-state index in [1.165, 1.54) is 6.07 Å². The number of nitrogens with zero attached hydrogens (tertiary/aromatic N) is 1. The van der Waals surface area contributed by atoms with Crippen molar-refractivity contribution in [1.82, 2.24) is 4.90 Å². The average Bonchev–Trinajstić information content (AvgIpc) is 3.49. The van der Waals surface area contributed by atoms with Gasteiger partial charge in [0.25, 0.3) is 0 Å². The van der Waals surface area contributed by atoms with Crippen molar-refractivity contribution in [2.75, 3.05) is 6.54 Å². The van der Waals surface area contributed by atoms with Gasteiger partial charge in [0.15, 0.2) is 5.78 Å². The lowest BCUT2D eigenvalue weighted by molar-refractivity contribution is -0.129. The van der Waals surface area contributed by atoms with Gasteiger partial charge < -0.3 is 18.8 Å². The van der Waals surface area contributed by atoms with Gasteiger partial charge in [0, 0.05) is 6.54 Å². The van der Waals surface area contributed by atoms with Gasteiger partial charge in [0.1, 0.15) is 23.2 Å². The average molecular weight is 389 g/mol. The molecule has 2 saturated heterocycles. The number of phenolic OH excluding ortho intramolecular Hbond substituents is 1. The van der Waals surface area contributed by atoms with E-state index >= 15 is 0 Å². The van der Waals surface area contributed by atoms with Gasteiger partial charge in [-0.05, 0) is 54.5 Å². The fraction of sp³-hybridized carbons (Fsp3) is 0.217. The SMILES string of the molecule is O=C(c1ccccc1O)[C@H]1C(=O)N2CC/C(=C\c3ccco3)C2[C@@H]1c1ccco1. The van der Waals surface area contributed by atoms with Crippen LogP contribution in [0.3, 0.4) is 0 Å². The maximum Gasteiger partial charge on any atom is 0.234 e. The maximum atomic E-state index is 13.4. The lowest BCUT2D eigenvalue weighted by Gasteiger charge is -2.21. The first kappa shape index (κ1) is 17.6. The second-order valence-corrected chi connectivity index (χ2v) is 7.36. The first-order valence-corrected chi connectivity index (χ1v) is 9.55. The molecule has 3 aromatic rings. The van der Waals surface area contributed by atoms with E-state index in [0.29, 0.717) is 24.5 Å². The number of amides is 1. The topological polar surface area (TPSA) is 83.9 Å². The van der Waals surface area contributed by atoms with Crippen molar-refractivity contribution >= 4 is 17.8 Å². The Hall–Kier alpha value is -3.54. The second-order valence-electron chi connectivity index (χ2n) is 7.36. The van der Waals surface area contributed by atoms with E-state index in [0.717, 1.165) is 5.57 Å². The second kappa shape index (κ2) is 6.81. The minimum atomic E-state index is -0.945. The first-order valence-electron chi connectivity index (χ1n) is 9.55. The van der Waals surface area contributed by atoms with Crippen LogP contribution in [0.4, 0.5) is 0 Å². The standard InChI is InChI=1S/C23H19NO5/c25-17-7-2-1-6-16(17)22(26)20-19(18-8-4-12-29-18)21-14(9-10-24(21)23(20)27)13-15-5-3-11-28-15/h1-8,11-13,19-21,25H,9-10H2/b14-13+/t19-,20+,21?/m1/s1. The van der Waals surface area contributed by atoms with Crippen LogP contribution >= 0.6 is 0 Å². The predicted molar refractivity (Wildman–Crippen MR) is 104 cm³/mol. The molecule has 1 unspecified atom stereocenters. The normalized spacial score (nSPS) is 25.0. The summed E-state index contributed by atoms with van der Waals surface area (Å²) in [5, 5.41) is 10.2. The van der Waals surface area contributed by atoms with Crippen molar-refractivity contribution in [2.45, 2.75) is 18.4 Å². The van der Waals surface area contributed by atoms with E-state index in [1.54, 1.807) is 47.8 Å². The van der Waals surface area contributed by atoms with E-state index in [-0.39, 0.29) is 29.0 Å². The summed E-state index contributed by atoms with van der Waals surface area (Å²) < 4.78 is 11.1. The number of hydrogen-bond donors (Lipinski definition) is 1. The number of carbonyl (C=O) groups is 2. The Labute approximate surface area is 167 Å². The Kier molecular flexibility index (Phi) is 4.12. The number of Topliss-reactive ketones (excluding diaryl/α,β-unsaturated/α-hetero) is 1. The van der Waals surface area contributed by atoms with Crippen LogP contribution in [-0.2, 0) is 4.79 Å². The largest absolute Gasteiger partial charge is 0.507 e. The highest BCUT2D eigenvalue weighted by atomic mass is 16.3. The van der Waals surface area contributed by atoms with Gasteiger partial charge >= 0.3 is 0 Å². The smallest absolute Gasteiger partial charge is 0.234 e. The fourth-order valence-electron chi connectivity index (χ4n) is 4.56. The minimum absolute atomic E-state index is 0.123. The molecule has 0 spiro atoms. The molecule has 0 radical (unpaired) electrons. The molecule has 6 heteroatoms. The monoisotopic (exact) mass is 389 g/mol. The Morgan fingerprint density at radius 2 is 1.86 bits per heavy atom. The molecule has 5 rings (SSSR count). The molecule has 4 heterocycles. The summed E-state index contributed by atoms with van der Waals surface area (Å²) in [7, 11) is 0. The third-order valence-corrected chi connectivity index (χ3v) is 5.80. The molecule has 2 aliphatic heterocycles. The molecule has 2 aliphatic rings. The summed E-state index contributed by atoms with van der Waals surface area (Å²) in [6, 6.07) is 13.3. The molecule has 2 aromatic heterocycles. The molecule has 0 aliphatic carbocycles. The number of carbonyl (C=O) groups excluding carboxylic acids is 2. The quantitative estimate of drug-likeness (QED) is 0.541. The number of fused-ring (bicyclic) bond motifs is 1. The van der Waals surface area contributed by atoms with Gasteiger partial charge in [0.05, 0.1) is 30.0 Å². The Balaban J connectivity index is 1.60. The van der Waals surface area contributed by atoms with E-state index in [1.807, 2.05) is 18.2 Å². The van der Waals surface area contributed by atoms with E-state index in [9.17, 15) is 14.7 Å². The van der Waals surface area contributed by atoms with Crippen molar-refractivity contribution in [3.63, 3.8) is 0 Å². The zero-order valence-electron chi connectivity index (χ0n) is 15.5. The molecular weight excluding hydrogens is 370 g/mol. The highest BCUT2D eigenvalue weighted by molar-refractivity contribution is 6.13. The maximum absolute atomic E-state index is 13.4. The number of hydrogen-bond acceptors (Lipinski definition) is 5. The van der Waals surface area contributed by atoms with Crippen LogP contribution in [-0.4, -0.2) is 34.3 Å². The Bertz CT molecular complexity index is 1080. The van der Waals surface area contributed by atoms with E-state index in [2.05, 4.69) is 0 Å². The van der Waals surface area contributed by atoms with Crippen LogP contribution in [0.5, 0.6) is 5.75 Å². The number of phenols is 1. The Morgan fingerprint density at radius 1 is 1.07 bits per heavy atom. The summed E-state index contributed by atoms with van der Waals surface area (Å²) in [5.41, 5.74) is 1.18. The van der Waals surface area contributed by atoms with Crippen LogP contribution in [0.25, 0.3) is 6.08 Å². The predicted octanol–water partition coefficient (Wildman–Crippen LogP) is 3.86. The van der Waals surface area contributed by atoms with Gasteiger partial charge in [-0.25, -0.2) is 0 Å². The molecule has 2 fully saturated rings. The minimum Gasteiger partial charge on any atom is -0.507 e. The molecule has 146 valence electrons. The van der Waals surface area contributed by atoms with Crippen molar-refractivity contribution in [1.29, 1.82) is 0 Å². The molecule has 1 N–H and O–H groups in total. The molecule has 6 nitrogen and oxygen atoms in total. The number of rotatable bonds is 4. The molecular formula is C23H19NO5. The van der Waals surface area contributed by atoms with Gasteiger partial charge in [-0.1, -0.05) is 12.1 Å². The fourth-order valence-corrected chi connectivity index (χ4v) is 4.56. The summed E-state index contributed by atoms with van der Waals surface area (Å²) >= 11 is 0. The van der Waals surface area contributed by atoms with E-state index < -0.39 is 11.8 Å². The third-order valence-electron chi connectivity index (χ3n) is 5.80. The zero-order valence-corrected chi connectivity index (χ0v) is 15.5. The van der Waals surface area contributed by atoms with Crippen LogP contribution in [0.1, 0.15) is 34.2 Å². The first-order chi connectivity index (χ1) is 14.1. The number of ketones is 1. The van der Waals surface area contributed by atoms with E-state index in [4.69, 9.17) is 8.83 Å². The molecule has 1 aromatic carbocycles. The molecule has 3 atom stereocenters. The van der Waals surface area contributed by atoms with Gasteiger partial charge in [-0.3, -0.25) is 9.59 Å². The van der Waals surface area contributed by atoms with Gasteiger partial charge in [-0.15, -0.1) is 0 Å². The number of para-hydroxylation sites is 1. The molecule has 0 bridgehead atoms.